The fraction of sp³-hybridized carbons (Fsp3) is 0.214. The van der Waals surface area contributed by atoms with E-state index in [9.17, 15) is 4.79 Å². The molecule has 0 aliphatic rings. The molecule has 2 aromatic rings. The van der Waals surface area contributed by atoms with Crippen LogP contribution in [0.4, 0.5) is 0 Å². The zero-order valence-corrected chi connectivity index (χ0v) is 10.3. The van der Waals surface area contributed by atoms with E-state index < -0.39 is 0 Å². The lowest BCUT2D eigenvalue weighted by molar-refractivity contribution is 0.112. The van der Waals surface area contributed by atoms with Crippen molar-refractivity contribution in [3.05, 3.63) is 41.6 Å². The lowest BCUT2D eigenvalue weighted by Gasteiger charge is -2.03. The van der Waals surface area contributed by atoms with Crippen molar-refractivity contribution in [1.82, 2.24) is 9.78 Å². The Hall–Kier alpha value is -2.41. The third-order valence-corrected chi connectivity index (χ3v) is 2.70. The maximum Gasteiger partial charge on any atom is 0.153 e. The first-order chi connectivity index (χ1) is 8.65. The zero-order valence-electron chi connectivity index (χ0n) is 10.3. The van der Waals surface area contributed by atoms with Crippen molar-refractivity contribution in [2.45, 2.75) is 19.9 Å². The van der Waals surface area contributed by atoms with Crippen LogP contribution in [0.25, 0.3) is 11.3 Å². The van der Waals surface area contributed by atoms with Crippen molar-refractivity contribution in [3.8, 4) is 17.3 Å². The highest BCUT2D eigenvalue weighted by Gasteiger charge is 2.11. The third-order valence-electron chi connectivity index (χ3n) is 2.70. The summed E-state index contributed by atoms with van der Waals surface area (Å²) in [6.45, 7) is 4.01. The molecule has 0 amide bonds. The van der Waals surface area contributed by atoms with Crippen LogP contribution in [-0.2, 0) is 0 Å². The molecule has 0 radical (unpaired) electrons. The second-order valence-electron chi connectivity index (χ2n) is 4.31. The smallest absolute Gasteiger partial charge is 0.153 e. The highest BCUT2D eigenvalue weighted by molar-refractivity contribution is 5.85. The van der Waals surface area contributed by atoms with E-state index >= 15 is 0 Å². The second-order valence-corrected chi connectivity index (χ2v) is 4.31. The van der Waals surface area contributed by atoms with Gasteiger partial charge in [0, 0.05) is 17.8 Å². The Balaban J connectivity index is 2.48. The van der Waals surface area contributed by atoms with Crippen LogP contribution in [0, 0.1) is 11.3 Å². The topological polar surface area (TPSA) is 58.7 Å². The van der Waals surface area contributed by atoms with Crippen LogP contribution in [-0.4, -0.2) is 16.1 Å². The average Bonchev–Trinajstić information content (AvgIpc) is 2.83. The van der Waals surface area contributed by atoms with Gasteiger partial charge in [-0.1, -0.05) is 12.1 Å². The minimum Gasteiger partial charge on any atom is -0.298 e. The maximum absolute atomic E-state index is 11.1. The fourth-order valence-corrected chi connectivity index (χ4v) is 1.68. The molecular formula is C14H13N3O. The molecule has 1 heterocycles. The normalized spacial score (nSPS) is 10.3. The van der Waals surface area contributed by atoms with E-state index in [2.05, 4.69) is 11.2 Å². The predicted octanol–water partition coefficient (Wildman–Crippen LogP) is 2.82. The molecule has 90 valence electrons. The molecule has 2 rings (SSSR count). The molecule has 1 aromatic carbocycles. The molecule has 0 fully saturated rings. The first-order valence-corrected chi connectivity index (χ1v) is 5.70. The summed E-state index contributed by atoms with van der Waals surface area (Å²) in [5.74, 6) is 0. The summed E-state index contributed by atoms with van der Waals surface area (Å²) in [6.07, 6.45) is 2.55. The molecular weight excluding hydrogens is 226 g/mol. The zero-order chi connectivity index (χ0) is 13.1. The van der Waals surface area contributed by atoms with E-state index in [1.165, 1.54) is 0 Å². The van der Waals surface area contributed by atoms with Crippen LogP contribution in [0.1, 0.15) is 35.8 Å². The molecule has 18 heavy (non-hydrogen) atoms. The molecule has 0 saturated carbocycles. The van der Waals surface area contributed by atoms with Gasteiger partial charge in [0.1, 0.15) is 5.69 Å². The molecule has 0 aliphatic heterocycles. The van der Waals surface area contributed by atoms with Crippen LogP contribution in [0.15, 0.2) is 30.5 Å². The Morgan fingerprint density at radius 2 is 2.00 bits per heavy atom. The molecule has 0 saturated heterocycles. The molecule has 0 spiro atoms. The molecule has 0 bridgehead atoms. The van der Waals surface area contributed by atoms with E-state index in [1.807, 2.05) is 13.8 Å². The average molecular weight is 239 g/mol. The van der Waals surface area contributed by atoms with E-state index in [4.69, 9.17) is 5.26 Å². The predicted molar refractivity (Wildman–Crippen MR) is 68.2 cm³/mol. The van der Waals surface area contributed by atoms with Gasteiger partial charge in [0.25, 0.3) is 0 Å². The summed E-state index contributed by atoms with van der Waals surface area (Å²) in [7, 11) is 0. The summed E-state index contributed by atoms with van der Waals surface area (Å²) in [4.78, 5) is 11.1. The van der Waals surface area contributed by atoms with Crippen LogP contribution >= 0.6 is 0 Å². The van der Waals surface area contributed by atoms with Crippen molar-refractivity contribution < 1.29 is 4.79 Å². The van der Waals surface area contributed by atoms with E-state index in [0.29, 0.717) is 16.8 Å². The molecule has 0 unspecified atom stereocenters. The molecule has 4 nitrogen and oxygen atoms in total. The fourth-order valence-electron chi connectivity index (χ4n) is 1.68. The Morgan fingerprint density at radius 3 is 2.50 bits per heavy atom. The molecule has 4 heteroatoms. The number of benzene rings is 1. The summed E-state index contributed by atoms with van der Waals surface area (Å²) >= 11 is 0. The Labute approximate surface area is 105 Å². The van der Waals surface area contributed by atoms with Crippen molar-refractivity contribution >= 4 is 6.29 Å². The second kappa shape index (κ2) is 4.84. The minimum atomic E-state index is 0.204. The van der Waals surface area contributed by atoms with Crippen LogP contribution in [0.5, 0.6) is 0 Å². The molecule has 1 aromatic heterocycles. The highest BCUT2D eigenvalue weighted by Crippen LogP contribution is 2.22. The number of aldehydes is 1. The largest absolute Gasteiger partial charge is 0.298 e. The van der Waals surface area contributed by atoms with Gasteiger partial charge >= 0.3 is 0 Å². The SMILES string of the molecule is CC(C)n1cc(C=O)c(-c2ccc(C#N)cc2)n1. The summed E-state index contributed by atoms with van der Waals surface area (Å²) in [5, 5.41) is 13.2. The number of carbonyl (C=O) groups excluding carboxylic acids is 1. The van der Waals surface area contributed by atoms with Gasteiger partial charge in [-0.25, -0.2) is 0 Å². The van der Waals surface area contributed by atoms with Crippen molar-refractivity contribution in [3.63, 3.8) is 0 Å². The number of aromatic nitrogens is 2. The summed E-state index contributed by atoms with van der Waals surface area (Å²) < 4.78 is 1.76. The first kappa shape index (κ1) is 12.1. The first-order valence-electron chi connectivity index (χ1n) is 5.70. The van der Waals surface area contributed by atoms with Crippen molar-refractivity contribution in [2.75, 3.05) is 0 Å². The maximum atomic E-state index is 11.1. The minimum absolute atomic E-state index is 0.204. The van der Waals surface area contributed by atoms with Gasteiger partial charge in [0.05, 0.1) is 17.2 Å². The van der Waals surface area contributed by atoms with Crippen molar-refractivity contribution in [2.24, 2.45) is 0 Å². The number of nitriles is 1. The van der Waals surface area contributed by atoms with Gasteiger partial charge < -0.3 is 0 Å². The Bertz CT molecular complexity index is 603. The number of carbonyl (C=O) groups is 1. The summed E-state index contributed by atoms with van der Waals surface area (Å²) in [5.41, 5.74) is 2.65. The monoisotopic (exact) mass is 239 g/mol. The van der Waals surface area contributed by atoms with Gasteiger partial charge in [-0.05, 0) is 26.0 Å². The number of hydrogen-bond donors (Lipinski definition) is 0. The Kier molecular flexibility index (Phi) is 3.24. The standard InChI is InChI=1S/C14H13N3O/c1-10(2)17-8-13(9-18)14(16-17)12-5-3-11(7-15)4-6-12/h3-6,8-10H,1-2H3. The van der Waals surface area contributed by atoms with Gasteiger partial charge in [-0.2, -0.15) is 10.4 Å². The van der Waals surface area contributed by atoms with E-state index in [-0.39, 0.29) is 6.04 Å². The van der Waals surface area contributed by atoms with Gasteiger partial charge in [0.2, 0.25) is 0 Å². The van der Waals surface area contributed by atoms with Crippen LogP contribution in [0.3, 0.4) is 0 Å². The Morgan fingerprint density at radius 1 is 1.33 bits per heavy atom. The molecule has 0 N–H and O–H groups in total. The molecule has 0 aliphatic carbocycles. The van der Waals surface area contributed by atoms with Crippen LogP contribution in [0.2, 0.25) is 0 Å². The quantitative estimate of drug-likeness (QED) is 0.774. The van der Waals surface area contributed by atoms with E-state index in [1.54, 1.807) is 35.1 Å². The van der Waals surface area contributed by atoms with Gasteiger partial charge in [-0.15, -0.1) is 0 Å². The van der Waals surface area contributed by atoms with Gasteiger partial charge in [-0.3, -0.25) is 9.48 Å². The van der Waals surface area contributed by atoms with Crippen LogP contribution < -0.4 is 0 Å². The lowest BCUT2D eigenvalue weighted by Crippen LogP contribution is -2.00. The van der Waals surface area contributed by atoms with Gasteiger partial charge in [0.15, 0.2) is 6.29 Å². The number of hydrogen-bond acceptors (Lipinski definition) is 3. The lowest BCUT2D eigenvalue weighted by atomic mass is 10.1. The van der Waals surface area contributed by atoms with E-state index in [0.717, 1.165) is 11.8 Å². The third kappa shape index (κ3) is 2.16. The summed E-state index contributed by atoms with van der Waals surface area (Å²) in [6, 6.07) is 9.32. The molecule has 0 atom stereocenters. The van der Waals surface area contributed by atoms with Crippen molar-refractivity contribution in [1.29, 1.82) is 5.26 Å². The highest BCUT2D eigenvalue weighted by atomic mass is 16.1. The number of rotatable bonds is 3. The number of nitrogens with zero attached hydrogens (tertiary/aromatic N) is 3.